The second kappa shape index (κ2) is 6.60. The summed E-state index contributed by atoms with van der Waals surface area (Å²) in [5.41, 5.74) is 4.74. The highest BCUT2D eigenvalue weighted by Gasteiger charge is 2.16. The first kappa shape index (κ1) is 15.7. The molecule has 0 bridgehead atoms. The summed E-state index contributed by atoms with van der Waals surface area (Å²) in [6, 6.07) is 13.6. The fraction of sp³-hybridized carbons (Fsp3) is 0.0556. The Morgan fingerprint density at radius 3 is 2.96 bits per heavy atom. The minimum absolute atomic E-state index is 0.127. The third-order valence-corrected chi connectivity index (χ3v) is 3.74. The number of H-pyrrole nitrogens is 1. The second-order valence-corrected chi connectivity index (χ2v) is 5.53. The van der Waals surface area contributed by atoms with Crippen LogP contribution in [0.5, 0.6) is 17.2 Å². The van der Waals surface area contributed by atoms with Gasteiger partial charge in [0.2, 0.25) is 6.79 Å². The lowest BCUT2D eigenvalue weighted by Crippen LogP contribution is -2.17. The summed E-state index contributed by atoms with van der Waals surface area (Å²) >= 11 is 0. The molecule has 0 spiro atoms. The molecule has 1 aromatic heterocycles. The van der Waals surface area contributed by atoms with Crippen molar-refractivity contribution in [3.63, 3.8) is 0 Å². The number of nitrogens with zero attached hydrogens (tertiary/aromatic N) is 2. The molecule has 1 amide bonds. The van der Waals surface area contributed by atoms with Crippen molar-refractivity contribution in [1.29, 1.82) is 0 Å². The van der Waals surface area contributed by atoms with Crippen molar-refractivity contribution in [2.24, 2.45) is 5.10 Å². The van der Waals surface area contributed by atoms with Gasteiger partial charge in [-0.1, -0.05) is 12.1 Å². The minimum Gasteiger partial charge on any atom is -0.508 e. The summed E-state index contributed by atoms with van der Waals surface area (Å²) in [6.45, 7) is 0.199. The zero-order chi connectivity index (χ0) is 17.9. The Bertz CT molecular complexity index is 996. The van der Waals surface area contributed by atoms with Gasteiger partial charge >= 0.3 is 0 Å². The molecule has 130 valence electrons. The lowest BCUT2D eigenvalue weighted by atomic mass is 10.1. The number of benzene rings is 2. The first-order valence-corrected chi connectivity index (χ1v) is 7.77. The number of carbonyl (C=O) groups is 1. The van der Waals surface area contributed by atoms with Crippen LogP contribution in [-0.4, -0.2) is 34.2 Å². The van der Waals surface area contributed by atoms with Crippen molar-refractivity contribution >= 4 is 12.1 Å². The number of fused-ring (bicyclic) bond motifs is 1. The zero-order valence-corrected chi connectivity index (χ0v) is 13.5. The number of phenols is 1. The van der Waals surface area contributed by atoms with Crippen molar-refractivity contribution in [3.8, 4) is 28.5 Å². The van der Waals surface area contributed by atoms with Crippen LogP contribution in [0.15, 0.2) is 53.6 Å². The monoisotopic (exact) mass is 350 g/mol. The van der Waals surface area contributed by atoms with Gasteiger partial charge in [-0.15, -0.1) is 0 Å². The molecule has 2 heterocycles. The van der Waals surface area contributed by atoms with E-state index in [4.69, 9.17) is 9.47 Å². The maximum atomic E-state index is 12.1. The van der Waals surface area contributed by atoms with Gasteiger partial charge in [0.05, 0.1) is 11.9 Å². The number of hydrazone groups is 1. The standard InChI is InChI=1S/C18H14N4O4/c23-13-3-1-2-11(6-13)9-19-22-18(24)15-8-14(20-21-15)12-4-5-16-17(7-12)26-10-25-16/h1-9,23H,10H2,(H,20,21)(H,22,24). The number of phenolic OH excluding ortho intramolecular Hbond substituents is 1. The van der Waals surface area contributed by atoms with Gasteiger partial charge in [-0.05, 0) is 42.0 Å². The van der Waals surface area contributed by atoms with E-state index < -0.39 is 5.91 Å². The van der Waals surface area contributed by atoms with E-state index >= 15 is 0 Å². The second-order valence-electron chi connectivity index (χ2n) is 5.53. The van der Waals surface area contributed by atoms with Gasteiger partial charge in [-0.2, -0.15) is 10.2 Å². The van der Waals surface area contributed by atoms with Crippen molar-refractivity contribution < 1.29 is 19.4 Å². The molecule has 8 heteroatoms. The molecule has 0 radical (unpaired) electrons. The number of aromatic nitrogens is 2. The number of aromatic hydroxyl groups is 1. The summed E-state index contributed by atoms with van der Waals surface area (Å²) in [5.74, 6) is 1.03. The Labute approximate surface area is 148 Å². The van der Waals surface area contributed by atoms with Gasteiger partial charge < -0.3 is 14.6 Å². The van der Waals surface area contributed by atoms with Crippen molar-refractivity contribution in [2.75, 3.05) is 6.79 Å². The highest BCUT2D eigenvalue weighted by molar-refractivity contribution is 5.94. The van der Waals surface area contributed by atoms with E-state index in [1.54, 1.807) is 36.4 Å². The SMILES string of the molecule is O=C(NN=Cc1cccc(O)c1)c1cc(-c2ccc3c(c2)OCO3)n[nH]1. The number of rotatable bonds is 4. The molecule has 4 rings (SSSR count). The summed E-state index contributed by atoms with van der Waals surface area (Å²) < 4.78 is 10.6. The van der Waals surface area contributed by atoms with Crippen LogP contribution < -0.4 is 14.9 Å². The summed E-state index contributed by atoms with van der Waals surface area (Å²) in [5, 5.41) is 20.1. The van der Waals surface area contributed by atoms with E-state index in [-0.39, 0.29) is 18.2 Å². The fourth-order valence-corrected chi connectivity index (χ4v) is 2.47. The van der Waals surface area contributed by atoms with Gasteiger partial charge in [0, 0.05) is 5.56 Å². The number of carbonyl (C=O) groups excluding carboxylic acids is 1. The number of hydrogen-bond donors (Lipinski definition) is 3. The smallest absolute Gasteiger partial charge is 0.289 e. The van der Waals surface area contributed by atoms with E-state index in [1.165, 1.54) is 12.3 Å². The van der Waals surface area contributed by atoms with E-state index in [1.807, 2.05) is 6.07 Å². The Balaban J connectivity index is 1.45. The van der Waals surface area contributed by atoms with Crippen LogP contribution in [0.4, 0.5) is 0 Å². The Morgan fingerprint density at radius 1 is 1.19 bits per heavy atom. The predicted molar refractivity (Wildman–Crippen MR) is 93.3 cm³/mol. The zero-order valence-electron chi connectivity index (χ0n) is 13.5. The van der Waals surface area contributed by atoms with Crippen LogP contribution in [0.25, 0.3) is 11.3 Å². The molecular weight excluding hydrogens is 336 g/mol. The van der Waals surface area contributed by atoms with Crippen LogP contribution in [0.1, 0.15) is 16.1 Å². The molecule has 0 unspecified atom stereocenters. The number of nitrogens with one attached hydrogen (secondary N) is 2. The molecule has 8 nitrogen and oxygen atoms in total. The van der Waals surface area contributed by atoms with Crippen LogP contribution in [0.3, 0.4) is 0 Å². The first-order valence-electron chi connectivity index (χ1n) is 7.77. The largest absolute Gasteiger partial charge is 0.508 e. The molecule has 0 saturated heterocycles. The molecule has 2 aromatic carbocycles. The fourth-order valence-electron chi connectivity index (χ4n) is 2.47. The maximum absolute atomic E-state index is 12.1. The van der Waals surface area contributed by atoms with E-state index in [9.17, 15) is 9.90 Å². The molecule has 0 aliphatic carbocycles. The lowest BCUT2D eigenvalue weighted by Gasteiger charge is -1.99. The normalized spacial score (nSPS) is 12.5. The minimum atomic E-state index is -0.430. The molecular formula is C18H14N4O4. The van der Waals surface area contributed by atoms with Gasteiger partial charge in [0.1, 0.15) is 11.4 Å². The number of amides is 1. The number of aromatic amines is 1. The third kappa shape index (κ3) is 3.20. The van der Waals surface area contributed by atoms with Gasteiger partial charge in [0.15, 0.2) is 11.5 Å². The number of hydrogen-bond acceptors (Lipinski definition) is 6. The van der Waals surface area contributed by atoms with Crippen LogP contribution in [-0.2, 0) is 0 Å². The molecule has 1 aliphatic heterocycles. The first-order chi connectivity index (χ1) is 12.7. The summed E-state index contributed by atoms with van der Waals surface area (Å²) in [6.07, 6.45) is 1.44. The van der Waals surface area contributed by atoms with Crippen molar-refractivity contribution in [2.45, 2.75) is 0 Å². The Morgan fingerprint density at radius 2 is 2.08 bits per heavy atom. The van der Waals surface area contributed by atoms with Gasteiger partial charge in [0.25, 0.3) is 5.91 Å². The quantitative estimate of drug-likeness (QED) is 0.494. The lowest BCUT2D eigenvalue weighted by molar-refractivity contribution is 0.0950. The summed E-state index contributed by atoms with van der Waals surface area (Å²) in [4.78, 5) is 12.1. The maximum Gasteiger partial charge on any atom is 0.289 e. The van der Waals surface area contributed by atoms with Crippen LogP contribution >= 0.6 is 0 Å². The highest BCUT2D eigenvalue weighted by atomic mass is 16.7. The Kier molecular flexibility index (Phi) is 3.98. The van der Waals surface area contributed by atoms with Crippen LogP contribution in [0, 0.1) is 0 Å². The molecule has 0 atom stereocenters. The predicted octanol–water partition coefficient (Wildman–Crippen LogP) is 2.27. The summed E-state index contributed by atoms with van der Waals surface area (Å²) in [7, 11) is 0. The van der Waals surface area contributed by atoms with Gasteiger partial charge in [-0.3, -0.25) is 9.89 Å². The number of ether oxygens (including phenoxy) is 2. The molecule has 3 aromatic rings. The van der Waals surface area contributed by atoms with Gasteiger partial charge in [-0.25, -0.2) is 5.43 Å². The topological polar surface area (TPSA) is 109 Å². The molecule has 3 N–H and O–H groups in total. The third-order valence-electron chi connectivity index (χ3n) is 3.74. The molecule has 1 aliphatic rings. The van der Waals surface area contributed by atoms with E-state index in [0.717, 1.165) is 5.56 Å². The molecule has 0 saturated carbocycles. The van der Waals surface area contributed by atoms with Crippen LogP contribution in [0.2, 0.25) is 0 Å². The Hall–Kier alpha value is -3.81. The van der Waals surface area contributed by atoms with Crippen molar-refractivity contribution in [3.05, 3.63) is 59.8 Å². The average Bonchev–Trinajstić information content (AvgIpc) is 3.30. The average molecular weight is 350 g/mol. The van der Waals surface area contributed by atoms with Crippen molar-refractivity contribution in [1.82, 2.24) is 15.6 Å². The molecule has 0 fully saturated rings. The van der Waals surface area contributed by atoms with E-state index in [2.05, 4.69) is 20.7 Å². The molecule has 26 heavy (non-hydrogen) atoms. The highest BCUT2D eigenvalue weighted by Crippen LogP contribution is 2.35. The van der Waals surface area contributed by atoms with E-state index in [0.29, 0.717) is 22.8 Å².